The van der Waals surface area contributed by atoms with Gasteiger partial charge in [-0.3, -0.25) is 4.72 Å². The van der Waals surface area contributed by atoms with Crippen LogP contribution in [0.3, 0.4) is 0 Å². The molecule has 0 saturated heterocycles. The average molecular weight is 338 g/mol. The summed E-state index contributed by atoms with van der Waals surface area (Å²) >= 11 is 0. The van der Waals surface area contributed by atoms with Crippen LogP contribution >= 0.6 is 0 Å². The van der Waals surface area contributed by atoms with Crippen LogP contribution in [0.25, 0.3) is 0 Å². The lowest BCUT2D eigenvalue weighted by molar-refractivity contribution is 0.417. The first-order valence-corrected chi connectivity index (χ1v) is 8.86. The van der Waals surface area contributed by atoms with E-state index >= 15 is 0 Å². The molecule has 2 rings (SSSR count). The van der Waals surface area contributed by atoms with E-state index in [-0.39, 0.29) is 11.9 Å². The fourth-order valence-electron chi connectivity index (χ4n) is 2.23. The fourth-order valence-corrected chi connectivity index (χ4v) is 2.79. The molecule has 0 spiro atoms. The number of anilines is 2. The van der Waals surface area contributed by atoms with E-state index in [1.165, 1.54) is 13.2 Å². The molecule has 0 radical (unpaired) electrons. The zero-order valence-corrected chi connectivity index (χ0v) is 13.9. The Bertz CT molecular complexity index is 794. The maximum atomic E-state index is 13.8. The third-order valence-electron chi connectivity index (χ3n) is 3.25. The minimum Gasteiger partial charge on any atom is -0.495 e. The SMILES string of the molecule is COc1ccc(N[C@@H](C)c2ccccc2F)cc1NS(C)(=O)=O. The van der Waals surface area contributed by atoms with Crippen LogP contribution in [-0.2, 0) is 10.0 Å². The molecular formula is C16H19FN2O3S. The standard InChI is InChI=1S/C16H19FN2O3S/c1-11(13-6-4-5-7-14(13)17)18-12-8-9-16(22-2)15(10-12)19-23(3,20)21/h4-11,18-19H,1-3H3/t11-/m0/s1. The van der Waals surface area contributed by atoms with Crippen molar-refractivity contribution >= 4 is 21.4 Å². The Hall–Kier alpha value is -2.28. The summed E-state index contributed by atoms with van der Waals surface area (Å²) in [5.41, 5.74) is 1.49. The van der Waals surface area contributed by atoms with Gasteiger partial charge in [0.2, 0.25) is 10.0 Å². The molecule has 0 bridgehead atoms. The maximum Gasteiger partial charge on any atom is 0.229 e. The molecule has 2 aromatic carbocycles. The van der Waals surface area contributed by atoms with Gasteiger partial charge < -0.3 is 10.1 Å². The average Bonchev–Trinajstić information content (AvgIpc) is 2.46. The van der Waals surface area contributed by atoms with Gasteiger partial charge in [0.1, 0.15) is 11.6 Å². The first-order chi connectivity index (χ1) is 10.8. The maximum absolute atomic E-state index is 13.8. The summed E-state index contributed by atoms with van der Waals surface area (Å²) in [6, 6.07) is 11.2. The normalized spacial score (nSPS) is 12.5. The Balaban J connectivity index is 2.27. The van der Waals surface area contributed by atoms with Crippen LogP contribution in [0, 0.1) is 5.82 Å². The largest absolute Gasteiger partial charge is 0.495 e. The molecule has 0 aliphatic rings. The molecule has 1 atom stereocenters. The van der Waals surface area contributed by atoms with Crippen molar-refractivity contribution in [1.29, 1.82) is 0 Å². The van der Waals surface area contributed by atoms with E-state index in [4.69, 9.17) is 4.74 Å². The second-order valence-corrected chi connectivity index (χ2v) is 6.93. The predicted octanol–water partition coefficient (Wildman–Crippen LogP) is 3.38. The van der Waals surface area contributed by atoms with Crippen LogP contribution in [0.5, 0.6) is 5.75 Å². The van der Waals surface area contributed by atoms with E-state index in [9.17, 15) is 12.8 Å². The molecule has 124 valence electrons. The van der Waals surface area contributed by atoms with Gasteiger partial charge in [-0.15, -0.1) is 0 Å². The Kier molecular flexibility index (Phi) is 5.10. The molecule has 2 aromatic rings. The Labute approximate surface area is 135 Å². The highest BCUT2D eigenvalue weighted by atomic mass is 32.2. The van der Waals surface area contributed by atoms with Crippen LogP contribution in [-0.4, -0.2) is 21.8 Å². The van der Waals surface area contributed by atoms with Crippen LogP contribution < -0.4 is 14.8 Å². The van der Waals surface area contributed by atoms with Crippen molar-refractivity contribution in [3.63, 3.8) is 0 Å². The van der Waals surface area contributed by atoms with Gasteiger partial charge in [-0.1, -0.05) is 18.2 Å². The van der Waals surface area contributed by atoms with Gasteiger partial charge >= 0.3 is 0 Å². The number of hydrogen-bond donors (Lipinski definition) is 2. The van der Waals surface area contributed by atoms with Crippen LogP contribution in [0.15, 0.2) is 42.5 Å². The molecule has 23 heavy (non-hydrogen) atoms. The van der Waals surface area contributed by atoms with E-state index in [2.05, 4.69) is 10.0 Å². The zero-order chi connectivity index (χ0) is 17.0. The van der Waals surface area contributed by atoms with E-state index in [0.29, 0.717) is 22.7 Å². The quantitative estimate of drug-likeness (QED) is 0.847. The van der Waals surface area contributed by atoms with Gasteiger partial charge in [0, 0.05) is 11.3 Å². The third-order valence-corrected chi connectivity index (χ3v) is 3.84. The molecule has 0 amide bonds. The number of methoxy groups -OCH3 is 1. The van der Waals surface area contributed by atoms with Crippen molar-refractivity contribution < 1.29 is 17.5 Å². The summed E-state index contributed by atoms with van der Waals surface area (Å²) in [6.07, 6.45) is 1.06. The smallest absolute Gasteiger partial charge is 0.229 e. The summed E-state index contributed by atoms with van der Waals surface area (Å²) in [6.45, 7) is 1.83. The van der Waals surface area contributed by atoms with Gasteiger partial charge in [0.15, 0.2) is 0 Å². The fraction of sp³-hybridized carbons (Fsp3) is 0.250. The minimum atomic E-state index is -3.43. The number of sulfonamides is 1. The van der Waals surface area contributed by atoms with Gasteiger partial charge in [-0.2, -0.15) is 0 Å². The first kappa shape index (κ1) is 17.1. The molecule has 7 heteroatoms. The lowest BCUT2D eigenvalue weighted by atomic mass is 10.1. The van der Waals surface area contributed by atoms with Crippen molar-refractivity contribution in [1.82, 2.24) is 0 Å². The molecule has 0 aliphatic heterocycles. The first-order valence-electron chi connectivity index (χ1n) is 6.97. The number of halogens is 1. The summed E-state index contributed by atoms with van der Waals surface area (Å²) in [5, 5.41) is 3.15. The number of ether oxygens (including phenoxy) is 1. The second kappa shape index (κ2) is 6.87. The summed E-state index contributed by atoms with van der Waals surface area (Å²) in [7, 11) is -1.98. The molecule has 0 heterocycles. The van der Waals surface area contributed by atoms with Gasteiger partial charge in [-0.05, 0) is 31.2 Å². The van der Waals surface area contributed by atoms with Crippen molar-refractivity contribution in [2.75, 3.05) is 23.4 Å². The highest BCUT2D eigenvalue weighted by Gasteiger charge is 2.13. The zero-order valence-electron chi connectivity index (χ0n) is 13.1. The Morgan fingerprint density at radius 2 is 1.87 bits per heavy atom. The Morgan fingerprint density at radius 1 is 1.17 bits per heavy atom. The number of hydrogen-bond acceptors (Lipinski definition) is 4. The summed E-state index contributed by atoms with van der Waals surface area (Å²) < 4.78 is 44.2. The number of benzene rings is 2. The molecule has 0 aliphatic carbocycles. The van der Waals surface area contributed by atoms with Crippen LogP contribution in [0.1, 0.15) is 18.5 Å². The van der Waals surface area contributed by atoms with Crippen LogP contribution in [0.4, 0.5) is 15.8 Å². The molecule has 2 N–H and O–H groups in total. The van der Waals surface area contributed by atoms with E-state index < -0.39 is 10.0 Å². The highest BCUT2D eigenvalue weighted by molar-refractivity contribution is 7.92. The van der Waals surface area contributed by atoms with Crippen LogP contribution in [0.2, 0.25) is 0 Å². The molecule has 0 saturated carbocycles. The Morgan fingerprint density at radius 3 is 2.48 bits per heavy atom. The molecule has 0 unspecified atom stereocenters. The van der Waals surface area contributed by atoms with E-state index in [1.807, 2.05) is 6.92 Å². The van der Waals surface area contributed by atoms with Crippen molar-refractivity contribution in [3.05, 3.63) is 53.8 Å². The molecule has 0 fully saturated rings. The molecule has 0 aromatic heterocycles. The van der Waals surface area contributed by atoms with Gasteiger partial charge in [0.25, 0.3) is 0 Å². The lowest BCUT2D eigenvalue weighted by Crippen LogP contribution is -2.12. The van der Waals surface area contributed by atoms with E-state index in [0.717, 1.165) is 6.26 Å². The molecule has 5 nitrogen and oxygen atoms in total. The monoisotopic (exact) mass is 338 g/mol. The highest BCUT2D eigenvalue weighted by Crippen LogP contribution is 2.30. The minimum absolute atomic E-state index is 0.282. The van der Waals surface area contributed by atoms with Crippen molar-refractivity contribution in [2.45, 2.75) is 13.0 Å². The number of nitrogens with one attached hydrogen (secondary N) is 2. The third kappa shape index (κ3) is 4.59. The number of rotatable bonds is 6. The van der Waals surface area contributed by atoms with E-state index in [1.54, 1.807) is 36.4 Å². The van der Waals surface area contributed by atoms with Crippen molar-refractivity contribution in [2.24, 2.45) is 0 Å². The van der Waals surface area contributed by atoms with Crippen molar-refractivity contribution in [3.8, 4) is 5.75 Å². The summed E-state index contributed by atoms with van der Waals surface area (Å²) in [5.74, 6) is 0.106. The predicted molar refractivity (Wildman–Crippen MR) is 89.9 cm³/mol. The summed E-state index contributed by atoms with van der Waals surface area (Å²) in [4.78, 5) is 0. The second-order valence-electron chi connectivity index (χ2n) is 5.18. The molecular weight excluding hydrogens is 319 g/mol. The lowest BCUT2D eigenvalue weighted by Gasteiger charge is -2.18. The van der Waals surface area contributed by atoms with Gasteiger partial charge in [-0.25, -0.2) is 12.8 Å². The topological polar surface area (TPSA) is 67.4 Å². The van der Waals surface area contributed by atoms with Gasteiger partial charge in [0.05, 0.1) is 25.1 Å².